The molecule has 6 heteroatoms. The van der Waals surface area contributed by atoms with Crippen LogP contribution in [0.4, 0.5) is 0 Å². The lowest BCUT2D eigenvalue weighted by molar-refractivity contribution is 0.0694. The molecule has 24 heavy (non-hydrogen) atoms. The second kappa shape index (κ2) is 7.01. The van der Waals surface area contributed by atoms with E-state index in [0.717, 1.165) is 12.0 Å². The maximum Gasteiger partial charge on any atom is 0.335 e. The first kappa shape index (κ1) is 16.5. The van der Waals surface area contributed by atoms with Crippen LogP contribution in [0.25, 0.3) is 0 Å². The Morgan fingerprint density at radius 1 is 1.25 bits per heavy atom. The monoisotopic (exact) mass is 344 g/mol. The summed E-state index contributed by atoms with van der Waals surface area (Å²) < 4.78 is 0. The van der Waals surface area contributed by atoms with Crippen LogP contribution in [-0.2, 0) is 6.42 Å². The standard InChI is InChI=1S/C18H17ClN2O3/c19-16-10-20-7-5-15(16)17(22)21-8-6-12(11-21)9-13-3-1-2-4-14(13)18(23)24/h1-5,7,10,12H,6,8-9,11H2,(H,23,24). The molecule has 1 aliphatic rings. The van der Waals surface area contributed by atoms with Crippen LogP contribution in [0.5, 0.6) is 0 Å². The predicted molar refractivity (Wildman–Crippen MR) is 90.4 cm³/mol. The van der Waals surface area contributed by atoms with Crippen molar-refractivity contribution in [2.75, 3.05) is 13.1 Å². The summed E-state index contributed by atoms with van der Waals surface area (Å²) in [7, 11) is 0. The molecular formula is C18H17ClN2O3. The Bertz CT molecular complexity index is 778. The van der Waals surface area contributed by atoms with Crippen molar-refractivity contribution in [2.45, 2.75) is 12.8 Å². The number of halogens is 1. The van der Waals surface area contributed by atoms with Gasteiger partial charge in [0.2, 0.25) is 0 Å². The normalized spacial score (nSPS) is 17.0. The number of nitrogens with zero attached hydrogens (tertiary/aromatic N) is 2. The van der Waals surface area contributed by atoms with Crippen molar-refractivity contribution in [1.82, 2.24) is 9.88 Å². The van der Waals surface area contributed by atoms with Crippen molar-refractivity contribution in [2.24, 2.45) is 5.92 Å². The second-order valence-electron chi connectivity index (χ2n) is 5.93. The molecular weight excluding hydrogens is 328 g/mol. The number of rotatable bonds is 4. The summed E-state index contributed by atoms with van der Waals surface area (Å²) >= 11 is 6.04. The van der Waals surface area contributed by atoms with Crippen LogP contribution in [0.15, 0.2) is 42.7 Å². The van der Waals surface area contributed by atoms with Gasteiger partial charge in [0.05, 0.1) is 16.1 Å². The minimum absolute atomic E-state index is 0.101. The number of carbonyl (C=O) groups excluding carboxylic acids is 1. The number of hydrogen-bond donors (Lipinski definition) is 1. The molecule has 1 atom stereocenters. The van der Waals surface area contributed by atoms with Crippen LogP contribution in [0, 0.1) is 5.92 Å². The third-order valence-electron chi connectivity index (χ3n) is 4.33. The van der Waals surface area contributed by atoms with Crippen molar-refractivity contribution in [1.29, 1.82) is 0 Å². The molecule has 1 aromatic carbocycles. The summed E-state index contributed by atoms with van der Waals surface area (Å²) in [5.41, 5.74) is 1.60. The van der Waals surface area contributed by atoms with E-state index in [-0.39, 0.29) is 11.8 Å². The fourth-order valence-corrected chi connectivity index (χ4v) is 3.32. The first-order valence-electron chi connectivity index (χ1n) is 7.76. The van der Waals surface area contributed by atoms with E-state index in [1.807, 2.05) is 12.1 Å². The zero-order valence-corrected chi connectivity index (χ0v) is 13.7. The molecule has 3 rings (SSSR count). The van der Waals surface area contributed by atoms with Gasteiger partial charge in [-0.05, 0) is 36.5 Å². The maximum atomic E-state index is 12.6. The number of pyridine rings is 1. The fraction of sp³-hybridized carbons (Fsp3) is 0.278. The van der Waals surface area contributed by atoms with Gasteiger partial charge in [-0.3, -0.25) is 9.78 Å². The van der Waals surface area contributed by atoms with Gasteiger partial charge < -0.3 is 10.0 Å². The van der Waals surface area contributed by atoms with Crippen molar-refractivity contribution in [3.63, 3.8) is 0 Å². The molecule has 124 valence electrons. The van der Waals surface area contributed by atoms with Crippen LogP contribution in [0.3, 0.4) is 0 Å². The Hall–Kier alpha value is -2.40. The highest BCUT2D eigenvalue weighted by molar-refractivity contribution is 6.33. The summed E-state index contributed by atoms with van der Waals surface area (Å²) in [6, 6.07) is 8.65. The first-order valence-corrected chi connectivity index (χ1v) is 8.14. The Balaban J connectivity index is 1.69. The van der Waals surface area contributed by atoms with E-state index < -0.39 is 5.97 Å². The van der Waals surface area contributed by atoms with Crippen molar-refractivity contribution >= 4 is 23.5 Å². The molecule has 0 radical (unpaired) electrons. The molecule has 0 bridgehead atoms. The average Bonchev–Trinajstić information content (AvgIpc) is 3.03. The molecule has 1 aromatic heterocycles. The van der Waals surface area contributed by atoms with Crippen LogP contribution in [0.1, 0.15) is 32.7 Å². The number of likely N-dealkylation sites (tertiary alicyclic amines) is 1. The summed E-state index contributed by atoms with van der Waals surface area (Å²) in [6.45, 7) is 1.25. The van der Waals surface area contributed by atoms with E-state index in [1.54, 1.807) is 29.3 Å². The lowest BCUT2D eigenvalue weighted by Gasteiger charge is -2.17. The molecule has 1 fully saturated rings. The van der Waals surface area contributed by atoms with Crippen molar-refractivity contribution < 1.29 is 14.7 Å². The number of carbonyl (C=O) groups is 2. The van der Waals surface area contributed by atoms with Gasteiger partial charge >= 0.3 is 5.97 Å². The molecule has 1 unspecified atom stereocenters. The smallest absolute Gasteiger partial charge is 0.335 e. The van der Waals surface area contributed by atoms with Gasteiger partial charge in [-0.2, -0.15) is 0 Å². The Kier molecular flexibility index (Phi) is 4.81. The maximum absolute atomic E-state index is 12.6. The number of amides is 1. The minimum atomic E-state index is -0.917. The molecule has 0 saturated carbocycles. The first-order chi connectivity index (χ1) is 11.6. The Morgan fingerprint density at radius 3 is 2.79 bits per heavy atom. The number of aromatic nitrogens is 1. The van der Waals surface area contributed by atoms with Crippen LogP contribution in [0.2, 0.25) is 5.02 Å². The zero-order valence-electron chi connectivity index (χ0n) is 13.0. The fourth-order valence-electron chi connectivity index (χ4n) is 3.12. The highest BCUT2D eigenvalue weighted by Crippen LogP contribution is 2.25. The third kappa shape index (κ3) is 3.41. The van der Waals surface area contributed by atoms with Gasteiger partial charge in [0.1, 0.15) is 0 Å². The number of hydrogen-bond acceptors (Lipinski definition) is 3. The molecule has 1 amide bonds. The predicted octanol–water partition coefficient (Wildman–Crippen LogP) is 3.14. The summed E-state index contributed by atoms with van der Waals surface area (Å²) in [6.07, 6.45) is 4.51. The largest absolute Gasteiger partial charge is 0.478 e. The molecule has 0 spiro atoms. The van der Waals surface area contributed by atoms with E-state index in [9.17, 15) is 14.7 Å². The minimum Gasteiger partial charge on any atom is -0.478 e. The molecule has 5 nitrogen and oxygen atoms in total. The van der Waals surface area contributed by atoms with Gasteiger partial charge in [0.25, 0.3) is 5.91 Å². The van der Waals surface area contributed by atoms with Gasteiger partial charge in [-0.1, -0.05) is 29.8 Å². The highest BCUT2D eigenvalue weighted by Gasteiger charge is 2.28. The van der Waals surface area contributed by atoms with E-state index in [4.69, 9.17) is 11.6 Å². The molecule has 2 heterocycles. The van der Waals surface area contributed by atoms with Gasteiger partial charge in [0.15, 0.2) is 0 Å². The molecule has 1 saturated heterocycles. The SMILES string of the molecule is O=C(O)c1ccccc1CC1CCN(C(=O)c2ccncc2Cl)C1. The van der Waals surface area contributed by atoms with E-state index in [0.29, 0.717) is 35.7 Å². The topological polar surface area (TPSA) is 70.5 Å². The van der Waals surface area contributed by atoms with E-state index >= 15 is 0 Å². The van der Waals surface area contributed by atoms with Crippen LogP contribution >= 0.6 is 11.6 Å². The third-order valence-corrected chi connectivity index (χ3v) is 4.63. The number of carboxylic acids is 1. The summed E-state index contributed by atoms with van der Waals surface area (Å²) in [5, 5.41) is 9.62. The van der Waals surface area contributed by atoms with Gasteiger partial charge in [0, 0.05) is 25.5 Å². The Labute approximate surface area is 144 Å². The second-order valence-corrected chi connectivity index (χ2v) is 6.34. The van der Waals surface area contributed by atoms with Crippen molar-refractivity contribution in [3.05, 3.63) is 64.4 Å². The van der Waals surface area contributed by atoms with E-state index in [1.165, 1.54) is 6.20 Å². The van der Waals surface area contributed by atoms with E-state index in [2.05, 4.69) is 4.98 Å². The summed E-state index contributed by atoms with van der Waals surface area (Å²) in [4.78, 5) is 29.5. The highest BCUT2D eigenvalue weighted by atomic mass is 35.5. The Morgan fingerprint density at radius 2 is 2.04 bits per heavy atom. The van der Waals surface area contributed by atoms with Gasteiger partial charge in [-0.15, -0.1) is 0 Å². The van der Waals surface area contributed by atoms with Crippen LogP contribution in [-0.4, -0.2) is 40.0 Å². The molecule has 2 aromatic rings. The number of carboxylic acid groups (broad SMARTS) is 1. The average molecular weight is 345 g/mol. The lowest BCUT2D eigenvalue weighted by atomic mass is 9.95. The molecule has 0 aliphatic carbocycles. The quantitative estimate of drug-likeness (QED) is 0.925. The number of aromatic carboxylic acids is 1. The zero-order chi connectivity index (χ0) is 17.1. The van der Waals surface area contributed by atoms with Crippen molar-refractivity contribution in [3.8, 4) is 0 Å². The lowest BCUT2D eigenvalue weighted by Crippen LogP contribution is -2.29. The van der Waals surface area contributed by atoms with Gasteiger partial charge in [-0.25, -0.2) is 4.79 Å². The summed E-state index contributed by atoms with van der Waals surface area (Å²) in [5.74, 6) is -0.772. The van der Waals surface area contributed by atoms with Crippen LogP contribution < -0.4 is 0 Å². The molecule has 1 N–H and O–H groups in total. The molecule has 1 aliphatic heterocycles. The number of benzene rings is 1.